The molecule has 2 aliphatic rings. The number of hydrogen-bond acceptors (Lipinski definition) is 8. The molecule has 2 aliphatic heterocycles. The van der Waals surface area contributed by atoms with Crippen molar-refractivity contribution in [3.8, 4) is 5.75 Å². The number of methoxy groups -OCH3 is 1. The first-order valence-corrected chi connectivity index (χ1v) is 9.11. The van der Waals surface area contributed by atoms with Crippen LogP contribution in [0.15, 0.2) is 29.4 Å². The fraction of sp³-hybridized carbons (Fsp3) is 0.611. The molecule has 3 rings (SSSR count). The van der Waals surface area contributed by atoms with Crippen molar-refractivity contribution in [2.45, 2.75) is 49.4 Å². The number of alkyl halides is 4. The number of rotatable bonds is 5. The average molecular weight is 438 g/mol. The quantitative estimate of drug-likeness (QED) is 0.495. The van der Waals surface area contributed by atoms with Gasteiger partial charge in [-0.15, -0.1) is 5.10 Å². The highest BCUT2D eigenvalue weighted by Crippen LogP contribution is 2.34. The number of nitrogens with zero attached hydrogens (tertiary/aromatic N) is 1. The largest absolute Gasteiger partial charge is 0.497 e. The number of hydrazone groups is 1. The summed E-state index contributed by atoms with van der Waals surface area (Å²) in [4.78, 5) is 0. The predicted molar refractivity (Wildman–Crippen MR) is 94.3 cm³/mol. The zero-order valence-corrected chi connectivity index (χ0v) is 15.8. The molecule has 0 spiro atoms. The van der Waals surface area contributed by atoms with Gasteiger partial charge in [0.15, 0.2) is 12.2 Å². The zero-order valence-electron chi connectivity index (χ0n) is 15.8. The number of hydrogen-bond donors (Lipinski definition) is 4. The molecule has 7 atom stereocenters. The summed E-state index contributed by atoms with van der Waals surface area (Å²) in [6, 6.07) is 4.30. The van der Waals surface area contributed by atoms with E-state index in [0.717, 1.165) is 0 Å². The molecule has 0 bridgehead atoms. The van der Waals surface area contributed by atoms with E-state index in [0.29, 0.717) is 11.3 Å². The Morgan fingerprint density at radius 2 is 1.83 bits per heavy atom. The van der Waals surface area contributed by atoms with E-state index in [1.807, 2.05) is 5.43 Å². The monoisotopic (exact) mass is 438 g/mol. The molecule has 1 fully saturated rings. The maximum atomic E-state index is 13.9. The Kier molecular flexibility index (Phi) is 6.70. The Morgan fingerprint density at radius 1 is 1.17 bits per heavy atom. The predicted octanol–water partition coefficient (Wildman–Crippen LogP) is 0.495. The molecule has 30 heavy (non-hydrogen) atoms. The van der Waals surface area contributed by atoms with E-state index in [9.17, 15) is 27.8 Å². The molecule has 12 heteroatoms. The normalized spacial score (nSPS) is 34.3. The fourth-order valence-electron chi connectivity index (χ4n) is 3.34. The van der Waals surface area contributed by atoms with E-state index in [-0.39, 0.29) is 6.42 Å². The maximum absolute atomic E-state index is 13.9. The molecule has 4 N–H and O–H groups in total. The van der Waals surface area contributed by atoms with Gasteiger partial charge in [0.2, 0.25) is 12.2 Å². The summed E-state index contributed by atoms with van der Waals surface area (Å²) < 4.78 is 69.7. The second-order valence-corrected chi connectivity index (χ2v) is 7.03. The van der Waals surface area contributed by atoms with Crippen LogP contribution in [-0.4, -0.2) is 77.9 Å². The lowest BCUT2D eigenvalue weighted by molar-refractivity contribution is -0.270. The summed E-state index contributed by atoms with van der Waals surface area (Å²) >= 11 is 0. The van der Waals surface area contributed by atoms with Gasteiger partial charge in [0.05, 0.1) is 19.6 Å². The van der Waals surface area contributed by atoms with Gasteiger partial charge < -0.3 is 29.5 Å². The highest BCUT2D eigenvalue weighted by atomic mass is 19.4. The fourth-order valence-corrected chi connectivity index (χ4v) is 3.34. The van der Waals surface area contributed by atoms with Crippen LogP contribution in [0.1, 0.15) is 5.56 Å². The molecule has 7 unspecified atom stereocenters. The summed E-state index contributed by atoms with van der Waals surface area (Å²) in [5.41, 5.74) is 2.52. The number of aliphatic hydroxyl groups excluding tert-OH is 3. The average Bonchev–Trinajstić information content (AvgIpc) is 3.11. The Hall–Kier alpha value is -2.15. The zero-order chi connectivity index (χ0) is 22.1. The van der Waals surface area contributed by atoms with Crippen LogP contribution in [-0.2, 0) is 15.9 Å². The van der Waals surface area contributed by atoms with Crippen molar-refractivity contribution in [1.82, 2.24) is 5.43 Å². The van der Waals surface area contributed by atoms with E-state index in [1.54, 1.807) is 24.3 Å². The van der Waals surface area contributed by atoms with Gasteiger partial charge in [-0.1, -0.05) is 12.1 Å². The standard InChI is InChI=1S/C18H22F4N2O6/c1-28-9-4-2-8(3-5-9)6-10-15(18(20,21)22)23-24-16(10)30-17-14(27)13(26)12(19)11(7-25)29-17/h2-5,10-15,17,23,25-27H,6-7H2,1H3. The van der Waals surface area contributed by atoms with Gasteiger partial charge in [-0.2, -0.15) is 13.2 Å². The van der Waals surface area contributed by atoms with Crippen LogP contribution in [0, 0.1) is 5.92 Å². The smallest absolute Gasteiger partial charge is 0.410 e. The molecule has 1 aromatic rings. The van der Waals surface area contributed by atoms with E-state index in [2.05, 4.69) is 5.10 Å². The molecule has 1 saturated heterocycles. The first-order chi connectivity index (χ1) is 14.2. The SMILES string of the molecule is COc1ccc(CC2C(OC3OC(CO)C(F)C(O)C3O)=NNC2C(F)(F)F)cc1. The van der Waals surface area contributed by atoms with E-state index in [4.69, 9.17) is 19.3 Å². The van der Waals surface area contributed by atoms with Crippen molar-refractivity contribution >= 4 is 5.90 Å². The number of benzene rings is 1. The number of ether oxygens (including phenoxy) is 3. The van der Waals surface area contributed by atoms with Crippen LogP contribution in [0.4, 0.5) is 17.6 Å². The summed E-state index contributed by atoms with van der Waals surface area (Å²) in [7, 11) is 1.46. The van der Waals surface area contributed by atoms with Crippen LogP contribution in [0.5, 0.6) is 5.75 Å². The van der Waals surface area contributed by atoms with Crippen LogP contribution >= 0.6 is 0 Å². The molecular formula is C18H22F4N2O6. The summed E-state index contributed by atoms with van der Waals surface area (Å²) in [5.74, 6) is -1.20. The van der Waals surface area contributed by atoms with Gasteiger partial charge in [0.25, 0.3) is 0 Å². The Bertz CT molecular complexity index is 745. The lowest BCUT2D eigenvalue weighted by Crippen LogP contribution is -2.58. The molecule has 0 radical (unpaired) electrons. The van der Waals surface area contributed by atoms with Crippen molar-refractivity contribution in [2.75, 3.05) is 13.7 Å². The lowest BCUT2D eigenvalue weighted by Gasteiger charge is -2.38. The Balaban J connectivity index is 1.79. The van der Waals surface area contributed by atoms with Crippen LogP contribution < -0.4 is 10.2 Å². The van der Waals surface area contributed by atoms with Gasteiger partial charge in [-0.25, -0.2) is 4.39 Å². The second kappa shape index (κ2) is 8.92. The minimum atomic E-state index is -4.66. The third-order valence-electron chi connectivity index (χ3n) is 5.04. The maximum Gasteiger partial charge on any atom is 0.410 e. The minimum absolute atomic E-state index is 0.124. The minimum Gasteiger partial charge on any atom is -0.497 e. The van der Waals surface area contributed by atoms with Gasteiger partial charge in [-0.3, -0.25) is 5.43 Å². The summed E-state index contributed by atoms with van der Waals surface area (Å²) in [5, 5.41) is 32.5. The number of nitrogens with one attached hydrogen (secondary N) is 1. The molecular weight excluding hydrogens is 416 g/mol. The van der Waals surface area contributed by atoms with Gasteiger partial charge >= 0.3 is 6.18 Å². The molecule has 0 amide bonds. The molecule has 0 saturated carbocycles. The van der Waals surface area contributed by atoms with Gasteiger partial charge in [0, 0.05) is 0 Å². The molecule has 168 valence electrons. The van der Waals surface area contributed by atoms with Crippen molar-refractivity contribution in [3.63, 3.8) is 0 Å². The van der Waals surface area contributed by atoms with Crippen molar-refractivity contribution < 1.29 is 47.1 Å². The topological polar surface area (TPSA) is 113 Å². The highest BCUT2D eigenvalue weighted by Gasteiger charge is 2.52. The highest BCUT2D eigenvalue weighted by molar-refractivity contribution is 5.81. The third kappa shape index (κ3) is 4.61. The van der Waals surface area contributed by atoms with Gasteiger partial charge in [0.1, 0.15) is 24.1 Å². The third-order valence-corrected chi connectivity index (χ3v) is 5.04. The summed E-state index contributed by atoms with van der Waals surface area (Å²) in [6.07, 6.45) is -13.9. The van der Waals surface area contributed by atoms with Crippen molar-refractivity contribution in [2.24, 2.45) is 11.0 Å². The number of halogens is 4. The van der Waals surface area contributed by atoms with Crippen molar-refractivity contribution in [3.05, 3.63) is 29.8 Å². The molecule has 2 heterocycles. The molecule has 0 aromatic heterocycles. The van der Waals surface area contributed by atoms with E-state index >= 15 is 0 Å². The Labute approximate surface area is 169 Å². The molecule has 0 aliphatic carbocycles. The lowest BCUT2D eigenvalue weighted by atomic mass is 9.92. The van der Waals surface area contributed by atoms with Crippen LogP contribution in [0.25, 0.3) is 0 Å². The van der Waals surface area contributed by atoms with E-state index in [1.165, 1.54) is 7.11 Å². The van der Waals surface area contributed by atoms with E-state index < -0.39 is 61.4 Å². The first kappa shape index (κ1) is 22.5. The molecule has 1 aromatic carbocycles. The number of aliphatic hydroxyl groups is 3. The van der Waals surface area contributed by atoms with Crippen molar-refractivity contribution in [1.29, 1.82) is 0 Å². The first-order valence-electron chi connectivity index (χ1n) is 9.11. The summed E-state index contributed by atoms with van der Waals surface area (Å²) in [6.45, 7) is -0.823. The van der Waals surface area contributed by atoms with Gasteiger partial charge in [-0.05, 0) is 24.1 Å². The van der Waals surface area contributed by atoms with Crippen LogP contribution in [0.3, 0.4) is 0 Å². The Morgan fingerprint density at radius 3 is 2.40 bits per heavy atom. The second-order valence-electron chi connectivity index (χ2n) is 7.03. The van der Waals surface area contributed by atoms with Crippen LogP contribution in [0.2, 0.25) is 0 Å². The molecule has 8 nitrogen and oxygen atoms in total.